The molecule has 0 spiro atoms. The lowest BCUT2D eigenvalue weighted by Crippen LogP contribution is -2.56. The van der Waals surface area contributed by atoms with E-state index < -0.39 is 31.0 Å². The van der Waals surface area contributed by atoms with Crippen LogP contribution in [0.3, 0.4) is 0 Å². The predicted molar refractivity (Wildman–Crippen MR) is 34.8 cm³/mol. The normalized spacial score (nSPS) is 36.0. The van der Waals surface area contributed by atoms with Crippen LogP contribution >= 0.6 is 0 Å². The zero-order valence-corrected chi connectivity index (χ0v) is 5.92. The fraction of sp³-hybridized carbons (Fsp3) is 1.00. The van der Waals surface area contributed by atoms with E-state index in [0.29, 0.717) is 0 Å². The lowest BCUT2D eigenvalue weighted by Gasteiger charge is -2.37. The zero-order valence-electron chi connectivity index (χ0n) is 5.92. The smallest absolute Gasteiger partial charge is 0.114 e. The average Bonchev–Trinajstić information content (AvgIpc) is 2.00. The standard InChI is InChI=1S/C6H12O5/c7-1-3(8)5(10)6-4(9)2-11-6/h3-10H,1-2H2/t3-,4+,5-,6-/m1/s1. The van der Waals surface area contributed by atoms with Gasteiger partial charge in [-0.3, -0.25) is 0 Å². The van der Waals surface area contributed by atoms with Crippen LogP contribution in [0.25, 0.3) is 0 Å². The Hall–Kier alpha value is -0.200. The van der Waals surface area contributed by atoms with Gasteiger partial charge in [-0.05, 0) is 0 Å². The molecule has 0 aliphatic carbocycles. The Morgan fingerprint density at radius 1 is 1.45 bits per heavy atom. The second kappa shape index (κ2) is 3.46. The van der Waals surface area contributed by atoms with Crippen molar-refractivity contribution in [1.29, 1.82) is 0 Å². The lowest BCUT2D eigenvalue weighted by molar-refractivity contribution is -0.221. The molecule has 0 radical (unpaired) electrons. The highest BCUT2D eigenvalue weighted by Crippen LogP contribution is 2.18. The molecule has 66 valence electrons. The Labute approximate surface area is 63.8 Å². The van der Waals surface area contributed by atoms with E-state index in [0.717, 1.165) is 0 Å². The third-order valence-corrected chi connectivity index (χ3v) is 1.76. The van der Waals surface area contributed by atoms with Crippen LogP contribution in [0, 0.1) is 0 Å². The number of rotatable bonds is 3. The van der Waals surface area contributed by atoms with Crippen molar-refractivity contribution in [2.75, 3.05) is 13.2 Å². The van der Waals surface area contributed by atoms with E-state index in [-0.39, 0.29) is 6.61 Å². The molecule has 0 amide bonds. The van der Waals surface area contributed by atoms with Gasteiger partial charge in [-0.25, -0.2) is 0 Å². The number of aliphatic hydroxyl groups excluding tert-OH is 4. The zero-order chi connectivity index (χ0) is 8.43. The summed E-state index contributed by atoms with van der Waals surface area (Å²) in [6.07, 6.45) is -3.93. The molecule has 0 aromatic carbocycles. The molecule has 0 unspecified atom stereocenters. The van der Waals surface area contributed by atoms with Crippen LogP contribution in [0.1, 0.15) is 0 Å². The quantitative estimate of drug-likeness (QED) is 0.369. The summed E-state index contributed by atoms with van der Waals surface area (Å²) in [4.78, 5) is 0. The van der Waals surface area contributed by atoms with Gasteiger partial charge in [-0.15, -0.1) is 0 Å². The van der Waals surface area contributed by atoms with E-state index in [9.17, 15) is 0 Å². The maximum atomic E-state index is 9.11. The molecular formula is C6H12O5. The first-order valence-corrected chi connectivity index (χ1v) is 3.43. The topological polar surface area (TPSA) is 90.2 Å². The van der Waals surface area contributed by atoms with Crippen LogP contribution in [-0.4, -0.2) is 58.1 Å². The Kier molecular flexibility index (Phi) is 2.80. The Morgan fingerprint density at radius 2 is 2.09 bits per heavy atom. The van der Waals surface area contributed by atoms with Crippen molar-refractivity contribution in [1.82, 2.24) is 0 Å². The average molecular weight is 164 g/mol. The van der Waals surface area contributed by atoms with Gasteiger partial charge >= 0.3 is 0 Å². The number of aliphatic hydroxyl groups is 4. The van der Waals surface area contributed by atoms with Gasteiger partial charge in [0.2, 0.25) is 0 Å². The summed E-state index contributed by atoms with van der Waals surface area (Å²) in [6, 6.07) is 0. The Morgan fingerprint density at radius 3 is 2.36 bits per heavy atom. The first-order chi connectivity index (χ1) is 5.16. The van der Waals surface area contributed by atoms with Gasteiger partial charge < -0.3 is 25.2 Å². The molecule has 5 nitrogen and oxygen atoms in total. The van der Waals surface area contributed by atoms with Gasteiger partial charge in [0.15, 0.2) is 0 Å². The molecule has 1 heterocycles. The molecule has 1 aliphatic rings. The molecule has 1 saturated heterocycles. The van der Waals surface area contributed by atoms with Crippen LogP contribution < -0.4 is 0 Å². The van der Waals surface area contributed by atoms with Gasteiger partial charge in [-0.2, -0.15) is 0 Å². The summed E-state index contributed by atoms with van der Waals surface area (Å²) in [5, 5.41) is 35.4. The number of hydrogen-bond donors (Lipinski definition) is 4. The molecule has 11 heavy (non-hydrogen) atoms. The van der Waals surface area contributed by atoms with Crippen molar-refractivity contribution in [2.24, 2.45) is 0 Å². The van der Waals surface area contributed by atoms with Crippen molar-refractivity contribution >= 4 is 0 Å². The predicted octanol–water partition coefficient (Wildman–Crippen LogP) is -2.54. The van der Waals surface area contributed by atoms with Gasteiger partial charge in [0, 0.05) is 0 Å². The maximum Gasteiger partial charge on any atom is 0.114 e. The minimum absolute atomic E-state index is 0.180. The third kappa shape index (κ3) is 1.69. The first-order valence-electron chi connectivity index (χ1n) is 3.43. The van der Waals surface area contributed by atoms with E-state index in [1.54, 1.807) is 0 Å². The molecule has 0 bridgehead atoms. The molecule has 1 fully saturated rings. The van der Waals surface area contributed by atoms with E-state index in [1.165, 1.54) is 0 Å². The fourth-order valence-corrected chi connectivity index (χ4v) is 0.947. The van der Waals surface area contributed by atoms with Crippen molar-refractivity contribution in [3.63, 3.8) is 0 Å². The van der Waals surface area contributed by atoms with Crippen LogP contribution in [0.2, 0.25) is 0 Å². The summed E-state index contributed by atoms with van der Waals surface area (Å²) in [5.41, 5.74) is 0. The molecule has 1 aliphatic heterocycles. The summed E-state index contributed by atoms with van der Waals surface area (Å²) in [6.45, 7) is -0.354. The van der Waals surface area contributed by atoms with Gasteiger partial charge in [0.05, 0.1) is 13.2 Å². The van der Waals surface area contributed by atoms with E-state index in [4.69, 9.17) is 25.2 Å². The highest BCUT2D eigenvalue weighted by Gasteiger charge is 2.39. The van der Waals surface area contributed by atoms with Gasteiger partial charge in [-0.1, -0.05) is 0 Å². The van der Waals surface area contributed by atoms with E-state index >= 15 is 0 Å². The minimum atomic E-state index is -1.24. The second-order valence-corrected chi connectivity index (χ2v) is 2.61. The second-order valence-electron chi connectivity index (χ2n) is 2.61. The van der Waals surface area contributed by atoms with Crippen molar-refractivity contribution in [3.05, 3.63) is 0 Å². The SMILES string of the molecule is OC[C@@H](O)[C@@H](O)[C@@H]1OC[C@@H]1O. The molecule has 0 saturated carbocycles. The molecule has 4 N–H and O–H groups in total. The summed E-state index contributed by atoms with van der Waals surface area (Å²) < 4.78 is 4.76. The highest BCUT2D eigenvalue weighted by atomic mass is 16.6. The molecule has 0 aromatic heterocycles. The van der Waals surface area contributed by atoms with Gasteiger partial charge in [0.25, 0.3) is 0 Å². The minimum Gasteiger partial charge on any atom is -0.394 e. The summed E-state index contributed by atoms with van der Waals surface area (Å²) in [5.74, 6) is 0. The first kappa shape index (κ1) is 8.89. The summed E-state index contributed by atoms with van der Waals surface area (Å²) in [7, 11) is 0. The molecule has 4 atom stereocenters. The van der Waals surface area contributed by atoms with E-state index in [1.807, 2.05) is 0 Å². The molecule has 5 heteroatoms. The van der Waals surface area contributed by atoms with Crippen LogP contribution in [0.15, 0.2) is 0 Å². The largest absolute Gasteiger partial charge is 0.394 e. The summed E-state index contributed by atoms with van der Waals surface area (Å²) >= 11 is 0. The van der Waals surface area contributed by atoms with Crippen molar-refractivity contribution < 1.29 is 25.2 Å². The van der Waals surface area contributed by atoms with Gasteiger partial charge in [0.1, 0.15) is 24.4 Å². The van der Waals surface area contributed by atoms with Crippen LogP contribution in [0.4, 0.5) is 0 Å². The lowest BCUT2D eigenvalue weighted by atomic mass is 10.00. The van der Waals surface area contributed by atoms with Crippen LogP contribution in [-0.2, 0) is 4.74 Å². The van der Waals surface area contributed by atoms with E-state index in [2.05, 4.69) is 0 Å². The molecular weight excluding hydrogens is 152 g/mol. The number of hydrogen-bond acceptors (Lipinski definition) is 5. The highest BCUT2D eigenvalue weighted by molar-refractivity contribution is 4.87. The third-order valence-electron chi connectivity index (χ3n) is 1.76. The van der Waals surface area contributed by atoms with Crippen molar-refractivity contribution in [3.8, 4) is 0 Å². The monoisotopic (exact) mass is 164 g/mol. The molecule has 1 rings (SSSR count). The van der Waals surface area contributed by atoms with Crippen LogP contribution in [0.5, 0.6) is 0 Å². The Bertz CT molecular complexity index is 128. The maximum absolute atomic E-state index is 9.11. The van der Waals surface area contributed by atoms with Crippen molar-refractivity contribution in [2.45, 2.75) is 24.4 Å². The fourth-order valence-electron chi connectivity index (χ4n) is 0.947. The Balaban J connectivity index is 2.34. The molecule has 0 aromatic rings. The number of ether oxygens (including phenoxy) is 1.